The first-order chi connectivity index (χ1) is 16.9. The van der Waals surface area contributed by atoms with Crippen LogP contribution in [0, 0.1) is 0 Å². The van der Waals surface area contributed by atoms with Gasteiger partial charge in [-0.3, -0.25) is 4.79 Å². The van der Waals surface area contributed by atoms with Gasteiger partial charge in [-0.2, -0.15) is 0 Å². The van der Waals surface area contributed by atoms with Crippen molar-refractivity contribution >= 4 is 17.8 Å². The fourth-order valence-electron chi connectivity index (χ4n) is 3.89. The topological polar surface area (TPSA) is 80.3 Å². The molecule has 0 amide bonds. The first kappa shape index (κ1) is 22.3. The van der Waals surface area contributed by atoms with E-state index in [9.17, 15) is 9.59 Å². The van der Waals surface area contributed by atoms with E-state index in [2.05, 4.69) is 0 Å². The lowest BCUT2D eigenvalue weighted by atomic mass is 10.0. The van der Waals surface area contributed by atoms with E-state index in [0.717, 1.165) is 16.9 Å². The highest BCUT2D eigenvalue weighted by Gasteiger charge is 2.29. The summed E-state index contributed by atoms with van der Waals surface area (Å²) >= 11 is 0. The Bertz CT molecular complexity index is 1380. The predicted octanol–water partition coefficient (Wildman–Crippen LogP) is 5.25. The zero-order chi connectivity index (χ0) is 24.5. The van der Waals surface area contributed by atoms with Crippen LogP contribution in [0.2, 0.25) is 0 Å². The Balaban J connectivity index is 1.37. The second kappa shape index (κ2) is 9.02. The number of benzene rings is 3. The summed E-state index contributed by atoms with van der Waals surface area (Å²) in [4.78, 5) is 25.6. The number of carbonyl (C=O) groups is 2. The highest BCUT2D eigenvalue weighted by atomic mass is 16.5. The maximum absolute atomic E-state index is 12.9. The van der Waals surface area contributed by atoms with Gasteiger partial charge in [-0.25, -0.2) is 4.79 Å². The highest BCUT2D eigenvalue weighted by molar-refractivity contribution is 6.12. The van der Waals surface area contributed by atoms with Gasteiger partial charge in [-0.05, 0) is 55.0 Å². The van der Waals surface area contributed by atoms with E-state index in [4.69, 9.17) is 23.7 Å². The van der Waals surface area contributed by atoms with Crippen molar-refractivity contribution in [3.63, 3.8) is 0 Å². The highest BCUT2D eigenvalue weighted by Crippen LogP contribution is 2.37. The van der Waals surface area contributed by atoms with Gasteiger partial charge in [0, 0.05) is 17.7 Å². The van der Waals surface area contributed by atoms with Gasteiger partial charge in [0.05, 0.1) is 25.3 Å². The molecule has 0 fully saturated rings. The fourth-order valence-corrected chi connectivity index (χ4v) is 3.89. The molecule has 0 unspecified atom stereocenters. The Morgan fingerprint density at radius 2 is 1.66 bits per heavy atom. The molecule has 0 radical (unpaired) electrons. The van der Waals surface area contributed by atoms with Crippen molar-refractivity contribution in [3.8, 4) is 28.7 Å². The van der Waals surface area contributed by atoms with Crippen LogP contribution in [0.1, 0.15) is 33.2 Å². The molecule has 0 aromatic heterocycles. The molecule has 0 aliphatic carbocycles. The van der Waals surface area contributed by atoms with Crippen molar-refractivity contribution < 1.29 is 33.3 Å². The molecule has 7 heteroatoms. The molecule has 35 heavy (non-hydrogen) atoms. The zero-order valence-electron chi connectivity index (χ0n) is 19.4. The lowest BCUT2D eigenvalue weighted by Crippen LogP contribution is -2.18. The zero-order valence-corrected chi connectivity index (χ0v) is 19.4. The van der Waals surface area contributed by atoms with Crippen LogP contribution < -0.4 is 23.7 Å². The van der Waals surface area contributed by atoms with Crippen LogP contribution in [0.3, 0.4) is 0 Å². The minimum Gasteiger partial charge on any atom is -0.497 e. The predicted molar refractivity (Wildman–Crippen MR) is 128 cm³/mol. The molecule has 2 aliphatic rings. The fraction of sp³-hybridized carbons (Fsp3) is 0.143. The average Bonchev–Trinajstić information content (AvgIpc) is 3.18. The van der Waals surface area contributed by atoms with E-state index in [1.807, 2.05) is 37.3 Å². The molecular formula is C28H22O7. The third-order valence-electron chi connectivity index (χ3n) is 5.75. The summed E-state index contributed by atoms with van der Waals surface area (Å²) in [5.74, 6) is 1.62. The second-order valence-corrected chi connectivity index (χ2v) is 8.03. The van der Waals surface area contributed by atoms with Gasteiger partial charge in [0.15, 0.2) is 5.76 Å². The summed E-state index contributed by atoms with van der Waals surface area (Å²) < 4.78 is 27.7. The summed E-state index contributed by atoms with van der Waals surface area (Å²) in [6.07, 6.45) is 3.43. The van der Waals surface area contributed by atoms with Gasteiger partial charge in [0.2, 0.25) is 5.78 Å². The van der Waals surface area contributed by atoms with Crippen molar-refractivity contribution in [3.05, 3.63) is 94.8 Å². The number of ketones is 1. The monoisotopic (exact) mass is 470 g/mol. The molecule has 0 saturated heterocycles. The molecule has 2 aliphatic heterocycles. The van der Waals surface area contributed by atoms with Gasteiger partial charge in [0.1, 0.15) is 34.9 Å². The molecule has 0 bridgehead atoms. The molecule has 1 atom stereocenters. The Hall–Kier alpha value is -4.52. The van der Waals surface area contributed by atoms with Crippen molar-refractivity contribution in [2.45, 2.75) is 13.0 Å². The number of allylic oxidation sites excluding steroid dienone is 1. The van der Waals surface area contributed by atoms with Crippen molar-refractivity contribution in [2.24, 2.45) is 0 Å². The molecular weight excluding hydrogens is 448 g/mol. The molecule has 3 aromatic carbocycles. The van der Waals surface area contributed by atoms with Gasteiger partial charge >= 0.3 is 5.97 Å². The van der Waals surface area contributed by atoms with Crippen LogP contribution in [0.25, 0.3) is 6.08 Å². The van der Waals surface area contributed by atoms with Crippen molar-refractivity contribution in [2.75, 3.05) is 14.2 Å². The smallest absolute Gasteiger partial charge is 0.343 e. The van der Waals surface area contributed by atoms with Gasteiger partial charge < -0.3 is 23.7 Å². The van der Waals surface area contributed by atoms with E-state index in [0.29, 0.717) is 22.8 Å². The summed E-state index contributed by atoms with van der Waals surface area (Å²) in [6, 6.07) is 17.1. The average molecular weight is 470 g/mol. The summed E-state index contributed by atoms with van der Waals surface area (Å²) in [5, 5.41) is 0. The Morgan fingerprint density at radius 1 is 0.914 bits per heavy atom. The van der Waals surface area contributed by atoms with Gasteiger partial charge in [-0.15, -0.1) is 0 Å². The van der Waals surface area contributed by atoms with E-state index in [1.54, 1.807) is 36.4 Å². The van der Waals surface area contributed by atoms with Gasteiger partial charge in [-0.1, -0.05) is 18.2 Å². The van der Waals surface area contributed by atoms with E-state index in [1.165, 1.54) is 20.3 Å². The maximum Gasteiger partial charge on any atom is 0.343 e. The molecule has 0 N–H and O–H groups in total. The third-order valence-corrected chi connectivity index (χ3v) is 5.75. The van der Waals surface area contributed by atoms with Crippen LogP contribution in [0.15, 0.2) is 78.1 Å². The molecule has 0 spiro atoms. The molecule has 0 saturated carbocycles. The number of ether oxygens (including phenoxy) is 5. The Labute approximate surface area is 202 Å². The minimum atomic E-state index is -0.598. The van der Waals surface area contributed by atoms with Crippen LogP contribution in [0.5, 0.6) is 28.7 Å². The first-order valence-corrected chi connectivity index (χ1v) is 11.0. The molecule has 3 aromatic rings. The third kappa shape index (κ3) is 4.36. The number of para-hydroxylation sites is 1. The van der Waals surface area contributed by atoms with Crippen LogP contribution in [-0.4, -0.2) is 32.1 Å². The number of methoxy groups -OCH3 is 2. The van der Waals surface area contributed by atoms with E-state index >= 15 is 0 Å². The maximum atomic E-state index is 12.9. The number of Topliss-reactive ketones (excluding diaryl/α,β-unsaturated/α-hetero) is 1. The molecule has 5 rings (SSSR count). The minimum absolute atomic E-state index is 0.182. The van der Waals surface area contributed by atoms with Crippen LogP contribution in [-0.2, 0) is 0 Å². The molecule has 7 nitrogen and oxygen atoms in total. The number of esters is 1. The van der Waals surface area contributed by atoms with E-state index < -0.39 is 5.97 Å². The van der Waals surface area contributed by atoms with Crippen LogP contribution >= 0.6 is 0 Å². The SMILES string of the molecule is COc1cc(OC)cc(C(=O)Oc2ccc3c(c2)O/C(=C\C2=Cc4ccccc4O[C@@H]2C)C3=O)c1. The number of fused-ring (bicyclic) bond motifs is 2. The standard InChI is InChI=1S/C28H22O7/c1-16-18(10-17-6-4-5-7-24(17)33-16)13-26-27(29)23-9-8-20(15-25(23)35-26)34-28(30)19-11-21(31-2)14-22(12-19)32-3/h4-16H,1-3H3/b26-13-/t16-/m1/s1. The number of hydrogen-bond acceptors (Lipinski definition) is 7. The van der Waals surface area contributed by atoms with E-state index in [-0.39, 0.29) is 29.0 Å². The number of carbonyl (C=O) groups excluding carboxylic acids is 2. The lowest BCUT2D eigenvalue weighted by molar-refractivity contribution is 0.0733. The number of hydrogen-bond donors (Lipinski definition) is 0. The Morgan fingerprint density at radius 3 is 2.40 bits per heavy atom. The molecule has 176 valence electrons. The van der Waals surface area contributed by atoms with Crippen molar-refractivity contribution in [1.29, 1.82) is 0 Å². The van der Waals surface area contributed by atoms with Gasteiger partial charge in [0.25, 0.3) is 0 Å². The summed E-state index contributed by atoms with van der Waals surface area (Å²) in [5.41, 5.74) is 2.41. The van der Waals surface area contributed by atoms with Crippen molar-refractivity contribution in [1.82, 2.24) is 0 Å². The molecule has 2 heterocycles. The first-order valence-electron chi connectivity index (χ1n) is 11.0. The normalized spacial score (nSPS) is 17.0. The summed E-state index contributed by atoms with van der Waals surface area (Å²) in [6.45, 7) is 1.91. The lowest BCUT2D eigenvalue weighted by Gasteiger charge is -2.22. The quantitative estimate of drug-likeness (QED) is 0.286. The summed E-state index contributed by atoms with van der Waals surface area (Å²) in [7, 11) is 3.00. The van der Waals surface area contributed by atoms with Crippen LogP contribution in [0.4, 0.5) is 0 Å². The largest absolute Gasteiger partial charge is 0.497 e. The second-order valence-electron chi connectivity index (χ2n) is 8.03. The Kier molecular flexibility index (Phi) is 5.74. The number of rotatable bonds is 5.